The third-order valence-corrected chi connectivity index (χ3v) is 4.69. The number of nitrogens with two attached hydrogens (primary N) is 1. The van der Waals surface area contributed by atoms with Crippen LogP contribution in [0.3, 0.4) is 0 Å². The highest BCUT2D eigenvalue weighted by Gasteiger charge is 2.38. The van der Waals surface area contributed by atoms with Crippen LogP contribution in [0.1, 0.15) is 46.5 Å². The van der Waals surface area contributed by atoms with Gasteiger partial charge in [0.05, 0.1) is 0 Å². The second-order valence-electron chi connectivity index (χ2n) is 7.51. The lowest BCUT2D eigenvalue weighted by Crippen LogP contribution is -2.42. The highest BCUT2D eigenvalue weighted by atomic mass is 16.6. The Bertz CT molecular complexity index is 342. The van der Waals surface area contributed by atoms with Crippen LogP contribution in [-0.2, 0) is 4.74 Å². The fraction of sp³-hybridized carbons (Fsp3) is 0.938. The van der Waals surface area contributed by atoms with E-state index in [0.29, 0.717) is 19.1 Å². The van der Waals surface area contributed by atoms with E-state index in [9.17, 15) is 4.79 Å². The van der Waals surface area contributed by atoms with Gasteiger partial charge in [-0.15, -0.1) is 0 Å². The topological polar surface area (TPSA) is 67.6 Å². The molecule has 1 saturated heterocycles. The molecule has 0 aromatic rings. The van der Waals surface area contributed by atoms with Crippen LogP contribution in [0.4, 0.5) is 4.79 Å². The Morgan fingerprint density at radius 1 is 1.33 bits per heavy atom. The summed E-state index contributed by atoms with van der Waals surface area (Å²) in [4.78, 5) is 14.2. The molecular weight excluding hydrogens is 266 g/mol. The zero-order valence-corrected chi connectivity index (χ0v) is 13.7. The molecule has 3 unspecified atom stereocenters. The van der Waals surface area contributed by atoms with E-state index in [0.717, 1.165) is 18.3 Å². The zero-order chi connectivity index (χ0) is 15.5. The summed E-state index contributed by atoms with van der Waals surface area (Å²) in [6.45, 7) is 9.30. The molecule has 0 bridgehead atoms. The maximum Gasteiger partial charge on any atom is 0.407 e. The van der Waals surface area contributed by atoms with E-state index in [1.807, 2.05) is 20.8 Å². The smallest absolute Gasteiger partial charge is 0.407 e. The van der Waals surface area contributed by atoms with Gasteiger partial charge in [0.25, 0.3) is 0 Å². The van der Waals surface area contributed by atoms with Crippen molar-refractivity contribution in [3.05, 3.63) is 0 Å². The molecule has 2 rings (SSSR count). The van der Waals surface area contributed by atoms with Gasteiger partial charge in [-0.1, -0.05) is 6.42 Å². The molecule has 0 aromatic heterocycles. The molecule has 21 heavy (non-hydrogen) atoms. The lowest BCUT2D eigenvalue weighted by atomic mass is 10.0. The van der Waals surface area contributed by atoms with Crippen molar-refractivity contribution >= 4 is 6.09 Å². The first kappa shape index (κ1) is 16.6. The summed E-state index contributed by atoms with van der Waals surface area (Å²) in [6, 6.07) is 0.380. The summed E-state index contributed by atoms with van der Waals surface area (Å²) in [6.07, 6.45) is 4.73. The Balaban J connectivity index is 1.70. The van der Waals surface area contributed by atoms with E-state index in [1.54, 1.807) is 0 Å². The number of carbonyl (C=O) groups excluding carboxylic acids is 1. The molecule has 0 aromatic carbocycles. The van der Waals surface area contributed by atoms with Crippen LogP contribution in [-0.4, -0.2) is 48.8 Å². The van der Waals surface area contributed by atoms with Crippen molar-refractivity contribution in [2.45, 2.75) is 58.1 Å². The first-order valence-electron chi connectivity index (χ1n) is 8.30. The normalized spacial score (nSPS) is 27.4. The van der Waals surface area contributed by atoms with Gasteiger partial charge in [0.15, 0.2) is 0 Å². The number of hydrogen-bond acceptors (Lipinski definition) is 4. The highest BCUT2D eigenvalue weighted by Crippen LogP contribution is 2.38. The average Bonchev–Trinajstić information content (AvgIpc) is 2.92. The van der Waals surface area contributed by atoms with Crippen LogP contribution in [0.25, 0.3) is 0 Å². The van der Waals surface area contributed by atoms with Crippen LogP contribution >= 0.6 is 0 Å². The molecule has 0 radical (unpaired) electrons. The molecule has 5 heteroatoms. The maximum atomic E-state index is 11.6. The van der Waals surface area contributed by atoms with E-state index in [4.69, 9.17) is 10.5 Å². The lowest BCUT2D eigenvalue weighted by Gasteiger charge is -2.27. The summed E-state index contributed by atoms with van der Waals surface area (Å²) in [5.41, 5.74) is 5.50. The first-order chi connectivity index (χ1) is 9.89. The fourth-order valence-electron chi connectivity index (χ4n) is 3.67. The highest BCUT2D eigenvalue weighted by molar-refractivity contribution is 5.67. The standard InChI is InChI=1S/C16H31N3O2/c1-16(2,3)21-15(20)18-8-7-14(9-17)19-10-12-5-4-6-13(12)11-19/h12-14H,4-11,17H2,1-3H3,(H,18,20). The molecule has 1 aliphatic carbocycles. The average molecular weight is 297 g/mol. The predicted octanol–water partition coefficient (Wildman–Crippen LogP) is 1.96. The third-order valence-electron chi connectivity index (χ3n) is 4.69. The summed E-state index contributed by atoms with van der Waals surface area (Å²) in [7, 11) is 0. The van der Waals surface area contributed by atoms with Crippen LogP contribution in [0.15, 0.2) is 0 Å². The number of carbonyl (C=O) groups is 1. The van der Waals surface area contributed by atoms with E-state index in [1.165, 1.54) is 32.4 Å². The molecule has 3 N–H and O–H groups in total. The van der Waals surface area contributed by atoms with Gasteiger partial charge in [0.1, 0.15) is 5.60 Å². The molecule has 2 fully saturated rings. The van der Waals surface area contributed by atoms with E-state index in [2.05, 4.69) is 10.2 Å². The van der Waals surface area contributed by atoms with Crippen molar-refractivity contribution in [3.63, 3.8) is 0 Å². The van der Waals surface area contributed by atoms with Gasteiger partial charge in [-0.25, -0.2) is 4.79 Å². The fourth-order valence-corrected chi connectivity index (χ4v) is 3.67. The minimum absolute atomic E-state index is 0.337. The minimum atomic E-state index is -0.441. The number of nitrogens with one attached hydrogen (secondary N) is 1. The van der Waals surface area contributed by atoms with Crippen LogP contribution in [0.5, 0.6) is 0 Å². The molecule has 1 heterocycles. The SMILES string of the molecule is CC(C)(C)OC(=O)NCCC(CN)N1CC2CCCC2C1. The number of nitrogens with zero attached hydrogens (tertiary/aromatic N) is 1. The second kappa shape index (κ2) is 6.97. The molecule has 1 saturated carbocycles. The number of rotatable bonds is 5. The van der Waals surface area contributed by atoms with Gasteiger partial charge in [0, 0.05) is 32.2 Å². The van der Waals surface area contributed by atoms with E-state index >= 15 is 0 Å². The van der Waals surface area contributed by atoms with E-state index in [-0.39, 0.29) is 6.09 Å². The van der Waals surface area contributed by atoms with Gasteiger partial charge in [-0.3, -0.25) is 4.90 Å². The van der Waals surface area contributed by atoms with Gasteiger partial charge in [0.2, 0.25) is 0 Å². The van der Waals surface area contributed by atoms with Crippen LogP contribution in [0.2, 0.25) is 0 Å². The molecular formula is C16H31N3O2. The Hall–Kier alpha value is -0.810. The van der Waals surface area contributed by atoms with Gasteiger partial charge < -0.3 is 15.8 Å². The maximum absolute atomic E-state index is 11.6. The van der Waals surface area contributed by atoms with Crippen molar-refractivity contribution in [1.29, 1.82) is 0 Å². The number of ether oxygens (including phenoxy) is 1. The van der Waals surface area contributed by atoms with Gasteiger partial charge >= 0.3 is 6.09 Å². The zero-order valence-electron chi connectivity index (χ0n) is 13.7. The lowest BCUT2D eigenvalue weighted by molar-refractivity contribution is 0.0522. The van der Waals surface area contributed by atoms with Crippen molar-refractivity contribution < 1.29 is 9.53 Å². The monoisotopic (exact) mass is 297 g/mol. The number of hydrogen-bond donors (Lipinski definition) is 2. The Labute approximate surface area is 128 Å². The van der Waals surface area contributed by atoms with Crippen LogP contribution < -0.4 is 11.1 Å². The Morgan fingerprint density at radius 2 is 1.95 bits per heavy atom. The Kier molecular flexibility index (Phi) is 5.49. The molecule has 2 aliphatic rings. The van der Waals surface area contributed by atoms with Crippen molar-refractivity contribution in [2.75, 3.05) is 26.2 Å². The number of alkyl carbamates (subject to hydrolysis) is 1. The van der Waals surface area contributed by atoms with Crippen molar-refractivity contribution in [1.82, 2.24) is 10.2 Å². The largest absolute Gasteiger partial charge is 0.444 e. The first-order valence-corrected chi connectivity index (χ1v) is 8.30. The molecule has 3 atom stereocenters. The molecule has 122 valence electrons. The second-order valence-corrected chi connectivity index (χ2v) is 7.51. The summed E-state index contributed by atoms with van der Waals surface area (Å²) < 4.78 is 5.24. The number of likely N-dealkylation sites (tertiary alicyclic amines) is 1. The Morgan fingerprint density at radius 3 is 2.48 bits per heavy atom. The molecule has 1 aliphatic heterocycles. The summed E-state index contributed by atoms with van der Waals surface area (Å²) >= 11 is 0. The van der Waals surface area contributed by atoms with Gasteiger partial charge in [-0.05, 0) is 51.9 Å². The van der Waals surface area contributed by atoms with Crippen molar-refractivity contribution in [2.24, 2.45) is 17.6 Å². The van der Waals surface area contributed by atoms with E-state index < -0.39 is 5.60 Å². The van der Waals surface area contributed by atoms with Crippen LogP contribution in [0, 0.1) is 11.8 Å². The third kappa shape index (κ3) is 4.85. The quantitative estimate of drug-likeness (QED) is 0.814. The van der Waals surface area contributed by atoms with Gasteiger partial charge in [-0.2, -0.15) is 0 Å². The predicted molar refractivity (Wildman–Crippen MR) is 84.1 cm³/mol. The summed E-state index contributed by atoms with van der Waals surface area (Å²) in [5.74, 6) is 1.77. The molecule has 5 nitrogen and oxygen atoms in total. The number of fused-ring (bicyclic) bond motifs is 1. The molecule has 0 spiro atoms. The minimum Gasteiger partial charge on any atom is -0.444 e. The van der Waals surface area contributed by atoms with Crippen molar-refractivity contribution in [3.8, 4) is 0 Å². The number of amides is 1. The summed E-state index contributed by atoms with van der Waals surface area (Å²) in [5, 5.41) is 2.83. The molecule has 1 amide bonds.